The van der Waals surface area contributed by atoms with Crippen molar-refractivity contribution in [1.29, 1.82) is 0 Å². The summed E-state index contributed by atoms with van der Waals surface area (Å²) in [4.78, 5) is 0. The second-order valence-electron chi connectivity index (χ2n) is 6.03. The summed E-state index contributed by atoms with van der Waals surface area (Å²) in [6, 6.07) is 17.7. The van der Waals surface area contributed by atoms with Gasteiger partial charge >= 0.3 is 0 Å². The van der Waals surface area contributed by atoms with Crippen LogP contribution in [0.2, 0.25) is 0 Å². The first kappa shape index (κ1) is 14.8. The molecule has 0 N–H and O–H groups in total. The molecule has 0 radical (unpaired) electrons. The first-order valence-corrected chi connectivity index (χ1v) is 7.75. The molecule has 0 heteroatoms. The third kappa shape index (κ3) is 3.30. The van der Waals surface area contributed by atoms with Gasteiger partial charge in [-0.1, -0.05) is 69.3 Å². The summed E-state index contributed by atoms with van der Waals surface area (Å²) >= 11 is 0. The molecule has 106 valence electrons. The average molecular weight is 266 g/mol. The van der Waals surface area contributed by atoms with Gasteiger partial charge in [0.2, 0.25) is 0 Å². The third-order valence-electron chi connectivity index (χ3n) is 4.34. The fraction of sp³-hybridized carbons (Fsp3) is 0.400. The number of aryl methyl sites for hydroxylation is 2. The molecule has 0 aliphatic carbocycles. The van der Waals surface area contributed by atoms with Crippen molar-refractivity contribution in [1.82, 2.24) is 0 Å². The standard InChI is InChI=1S/C20H26/c1-5-17-11-8-9-13-19(17)20(15(2)3)14-18-12-7-6-10-16(18)4/h6-13,15,20H,5,14H2,1-4H3. The zero-order chi connectivity index (χ0) is 14.5. The molecule has 0 aliphatic rings. The van der Waals surface area contributed by atoms with E-state index in [4.69, 9.17) is 0 Å². The molecule has 0 amide bonds. The Morgan fingerprint density at radius 1 is 0.850 bits per heavy atom. The predicted octanol–water partition coefficient (Wildman–Crippen LogP) is 5.54. The molecule has 0 heterocycles. The van der Waals surface area contributed by atoms with Crippen LogP contribution >= 0.6 is 0 Å². The van der Waals surface area contributed by atoms with Crippen LogP contribution in [0.3, 0.4) is 0 Å². The monoisotopic (exact) mass is 266 g/mol. The minimum Gasteiger partial charge on any atom is -0.0622 e. The highest BCUT2D eigenvalue weighted by atomic mass is 14.2. The fourth-order valence-corrected chi connectivity index (χ4v) is 3.00. The molecule has 1 atom stereocenters. The summed E-state index contributed by atoms with van der Waals surface area (Å²) in [7, 11) is 0. The van der Waals surface area contributed by atoms with Crippen LogP contribution in [0.15, 0.2) is 48.5 Å². The lowest BCUT2D eigenvalue weighted by Crippen LogP contribution is -2.13. The molecule has 0 aromatic heterocycles. The fourth-order valence-electron chi connectivity index (χ4n) is 3.00. The van der Waals surface area contributed by atoms with Crippen molar-refractivity contribution < 1.29 is 0 Å². The highest BCUT2D eigenvalue weighted by Crippen LogP contribution is 2.31. The molecule has 20 heavy (non-hydrogen) atoms. The van der Waals surface area contributed by atoms with Crippen LogP contribution in [-0.2, 0) is 12.8 Å². The van der Waals surface area contributed by atoms with Crippen LogP contribution < -0.4 is 0 Å². The van der Waals surface area contributed by atoms with Crippen LogP contribution in [0, 0.1) is 12.8 Å². The normalized spacial score (nSPS) is 12.7. The molecule has 0 saturated carbocycles. The Balaban J connectivity index is 2.35. The summed E-state index contributed by atoms with van der Waals surface area (Å²) in [6.45, 7) is 9.16. The van der Waals surface area contributed by atoms with Gasteiger partial charge in [0.25, 0.3) is 0 Å². The Bertz CT molecular complexity index is 551. The molecule has 2 rings (SSSR count). The third-order valence-corrected chi connectivity index (χ3v) is 4.34. The topological polar surface area (TPSA) is 0 Å². The van der Waals surface area contributed by atoms with Crippen molar-refractivity contribution >= 4 is 0 Å². The van der Waals surface area contributed by atoms with Crippen LogP contribution in [0.5, 0.6) is 0 Å². The Hall–Kier alpha value is -1.56. The van der Waals surface area contributed by atoms with Crippen molar-refractivity contribution in [3.8, 4) is 0 Å². The van der Waals surface area contributed by atoms with Gasteiger partial charge in [0.1, 0.15) is 0 Å². The van der Waals surface area contributed by atoms with Crippen molar-refractivity contribution in [3.05, 3.63) is 70.8 Å². The van der Waals surface area contributed by atoms with Gasteiger partial charge in [-0.25, -0.2) is 0 Å². The van der Waals surface area contributed by atoms with Gasteiger partial charge in [-0.05, 0) is 53.9 Å². The highest BCUT2D eigenvalue weighted by Gasteiger charge is 2.19. The maximum Gasteiger partial charge on any atom is -0.00956 e. The van der Waals surface area contributed by atoms with E-state index >= 15 is 0 Å². The van der Waals surface area contributed by atoms with Gasteiger partial charge < -0.3 is 0 Å². The predicted molar refractivity (Wildman–Crippen MR) is 88.3 cm³/mol. The molecule has 0 fully saturated rings. The molecule has 0 bridgehead atoms. The first-order valence-electron chi connectivity index (χ1n) is 7.75. The van der Waals surface area contributed by atoms with Gasteiger partial charge in [0, 0.05) is 0 Å². The van der Waals surface area contributed by atoms with E-state index in [9.17, 15) is 0 Å². The summed E-state index contributed by atoms with van der Waals surface area (Å²) in [6.07, 6.45) is 2.26. The Morgan fingerprint density at radius 2 is 1.45 bits per heavy atom. The lowest BCUT2D eigenvalue weighted by molar-refractivity contribution is 0.491. The zero-order valence-electron chi connectivity index (χ0n) is 13.2. The summed E-state index contributed by atoms with van der Waals surface area (Å²) in [5, 5.41) is 0. The van der Waals surface area contributed by atoms with Crippen molar-refractivity contribution in [2.24, 2.45) is 5.92 Å². The lowest BCUT2D eigenvalue weighted by atomic mass is 9.80. The molecular formula is C20H26. The number of benzene rings is 2. The smallest absolute Gasteiger partial charge is 0.00956 e. The molecule has 2 aromatic rings. The quantitative estimate of drug-likeness (QED) is 0.666. The van der Waals surface area contributed by atoms with E-state index in [1.165, 1.54) is 22.3 Å². The largest absolute Gasteiger partial charge is 0.0622 e. The average Bonchev–Trinajstić information content (AvgIpc) is 2.46. The Kier molecular flexibility index (Phi) is 5.00. The van der Waals surface area contributed by atoms with Gasteiger partial charge in [0.15, 0.2) is 0 Å². The SMILES string of the molecule is CCc1ccccc1C(Cc1ccccc1C)C(C)C. The number of hydrogen-bond acceptors (Lipinski definition) is 0. The number of hydrogen-bond donors (Lipinski definition) is 0. The van der Waals surface area contributed by atoms with Crippen LogP contribution in [0.25, 0.3) is 0 Å². The summed E-state index contributed by atoms with van der Waals surface area (Å²) < 4.78 is 0. The molecule has 2 aromatic carbocycles. The molecule has 0 saturated heterocycles. The maximum absolute atomic E-state index is 2.34. The van der Waals surface area contributed by atoms with Gasteiger partial charge in [-0.3, -0.25) is 0 Å². The van der Waals surface area contributed by atoms with E-state index in [0.29, 0.717) is 11.8 Å². The summed E-state index contributed by atoms with van der Waals surface area (Å²) in [5.41, 5.74) is 5.93. The zero-order valence-corrected chi connectivity index (χ0v) is 13.2. The van der Waals surface area contributed by atoms with Crippen molar-refractivity contribution in [3.63, 3.8) is 0 Å². The minimum absolute atomic E-state index is 0.604. The summed E-state index contributed by atoms with van der Waals surface area (Å²) in [5.74, 6) is 1.26. The Labute approximate surface area is 123 Å². The minimum atomic E-state index is 0.604. The van der Waals surface area contributed by atoms with E-state index in [1.807, 2.05) is 0 Å². The van der Waals surface area contributed by atoms with E-state index in [-0.39, 0.29) is 0 Å². The van der Waals surface area contributed by atoms with Crippen LogP contribution in [0.1, 0.15) is 48.9 Å². The van der Waals surface area contributed by atoms with Crippen molar-refractivity contribution in [2.75, 3.05) is 0 Å². The van der Waals surface area contributed by atoms with E-state index < -0.39 is 0 Å². The first-order chi connectivity index (χ1) is 9.63. The number of rotatable bonds is 5. The van der Waals surface area contributed by atoms with Crippen LogP contribution in [0.4, 0.5) is 0 Å². The van der Waals surface area contributed by atoms with Gasteiger partial charge in [-0.2, -0.15) is 0 Å². The second-order valence-corrected chi connectivity index (χ2v) is 6.03. The molecule has 1 unspecified atom stereocenters. The van der Waals surface area contributed by atoms with Gasteiger partial charge in [-0.15, -0.1) is 0 Å². The molecule has 0 spiro atoms. The van der Waals surface area contributed by atoms with Crippen LogP contribution in [-0.4, -0.2) is 0 Å². The maximum atomic E-state index is 2.34. The van der Waals surface area contributed by atoms with E-state index in [0.717, 1.165) is 12.8 Å². The van der Waals surface area contributed by atoms with Crippen molar-refractivity contribution in [2.45, 2.75) is 46.5 Å². The molecular weight excluding hydrogens is 240 g/mol. The second kappa shape index (κ2) is 6.74. The van der Waals surface area contributed by atoms with E-state index in [2.05, 4.69) is 76.2 Å². The van der Waals surface area contributed by atoms with Gasteiger partial charge in [0.05, 0.1) is 0 Å². The lowest BCUT2D eigenvalue weighted by Gasteiger charge is -2.25. The van der Waals surface area contributed by atoms with E-state index in [1.54, 1.807) is 0 Å². The molecule has 0 aliphatic heterocycles. The molecule has 0 nitrogen and oxygen atoms in total. The highest BCUT2D eigenvalue weighted by molar-refractivity contribution is 5.34. The Morgan fingerprint density at radius 3 is 2.05 bits per heavy atom.